The van der Waals surface area contributed by atoms with Gasteiger partial charge in [-0.1, -0.05) is 85.5 Å². The minimum Gasteiger partial charge on any atom is -0.0985 e. The van der Waals surface area contributed by atoms with Crippen LogP contribution < -0.4 is 0 Å². The molecular weight excluding hydrogens is 228 g/mol. The maximum absolute atomic E-state index is 3.74. The van der Waals surface area contributed by atoms with Gasteiger partial charge < -0.3 is 0 Å². The maximum Gasteiger partial charge on any atom is -0.0194 e. The molecule has 0 spiro atoms. The number of hydrogen-bond donors (Lipinski definition) is 0. The fraction of sp³-hybridized carbons (Fsp3) is 0.158. The average Bonchev–Trinajstić information content (AvgIpc) is 2.45. The van der Waals surface area contributed by atoms with Gasteiger partial charge in [0.2, 0.25) is 0 Å². The standard InChI is InChI=1S/C12H16.C7H8/c1-5-9-10-12(8-4)11(6-2)7-3;1-7-5-3-2-4-6-7/h5-10H,2,4H2,1,3H3;2-6H,1H3/b9-5+,11-7-,12-10-;. The van der Waals surface area contributed by atoms with Gasteiger partial charge in [0.05, 0.1) is 0 Å². The van der Waals surface area contributed by atoms with E-state index in [-0.39, 0.29) is 0 Å². The molecule has 0 atom stereocenters. The Morgan fingerprint density at radius 1 is 0.947 bits per heavy atom. The number of aryl methyl sites for hydroxylation is 1. The van der Waals surface area contributed by atoms with Crippen molar-refractivity contribution in [2.75, 3.05) is 0 Å². The highest BCUT2D eigenvalue weighted by Crippen LogP contribution is 2.11. The van der Waals surface area contributed by atoms with Crippen LogP contribution >= 0.6 is 0 Å². The lowest BCUT2D eigenvalue weighted by Gasteiger charge is -1.99. The van der Waals surface area contributed by atoms with Crippen molar-refractivity contribution in [2.45, 2.75) is 20.8 Å². The largest absolute Gasteiger partial charge is 0.0985 e. The van der Waals surface area contributed by atoms with E-state index in [2.05, 4.69) is 32.2 Å². The third kappa shape index (κ3) is 7.77. The quantitative estimate of drug-likeness (QED) is 0.594. The zero-order chi connectivity index (χ0) is 14.5. The third-order valence-electron chi connectivity index (χ3n) is 2.49. The number of rotatable bonds is 4. The topological polar surface area (TPSA) is 0 Å². The normalized spacial score (nSPS) is 11.7. The Labute approximate surface area is 118 Å². The summed E-state index contributed by atoms with van der Waals surface area (Å²) in [5.74, 6) is 0. The van der Waals surface area contributed by atoms with E-state index in [4.69, 9.17) is 0 Å². The van der Waals surface area contributed by atoms with Crippen LogP contribution in [-0.2, 0) is 0 Å². The van der Waals surface area contributed by atoms with E-state index in [1.807, 2.05) is 68.5 Å². The number of allylic oxidation sites excluding steroid dienone is 8. The van der Waals surface area contributed by atoms with Crippen LogP contribution in [0.3, 0.4) is 0 Å². The van der Waals surface area contributed by atoms with Gasteiger partial charge in [-0.3, -0.25) is 0 Å². The van der Waals surface area contributed by atoms with Crippen molar-refractivity contribution in [1.29, 1.82) is 0 Å². The highest BCUT2D eigenvalue weighted by molar-refractivity contribution is 5.46. The molecule has 0 fully saturated rings. The van der Waals surface area contributed by atoms with Crippen LogP contribution in [-0.4, -0.2) is 0 Å². The molecule has 100 valence electrons. The lowest BCUT2D eigenvalue weighted by Crippen LogP contribution is -1.80. The molecule has 0 bridgehead atoms. The lowest BCUT2D eigenvalue weighted by molar-refractivity contribution is 1.48. The molecule has 1 rings (SSSR count). The first-order valence-electron chi connectivity index (χ1n) is 6.45. The molecule has 0 unspecified atom stereocenters. The molecule has 0 N–H and O–H groups in total. The SMILES string of the molecule is C=CC(=C/C)/C(C=C)=C\C=C\C.Cc1ccccc1. The second-order valence-electron chi connectivity index (χ2n) is 3.95. The Kier molecular flexibility index (Phi) is 9.83. The predicted molar refractivity (Wildman–Crippen MR) is 88.2 cm³/mol. The summed E-state index contributed by atoms with van der Waals surface area (Å²) >= 11 is 0. The van der Waals surface area contributed by atoms with Crippen molar-refractivity contribution in [3.63, 3.8) is 0 Å². The second-order valence-corrected chi connectivity index (χ2v) is 3.95. The van der Waals surface area contributed by atoms with Crippen molar-refractivity contribution < 1.29 is 0 Å². The molecule has 0 aromatic heterocycles. The Hall–Kier alpha value is -2.08. The first-order valence-corrected chi connectivity index (χ1v) is 6.45. The molecule has 0 amide bonds. The lowest BCUT2D eigenvalue weighted by atomic mass is 10.1. The Balaban J connectivity index is 0.000000388. The predicted octanol–water partition coefficient (Wildman–Crippen LogP) is 5.80. The molecule has 19 heavy (non-hydrogen) atoms. The van der Waals surface area contributed by atoms with Crippen molar-refractivity contribution in [3.05, 3.63) is 96.7 Å². The van der Waals surface area contributed by atoms with Gasteiger partial charge in [-0.2, -0.15) is 0 Å². The van der Waals surface area contributed by atoms with Crippen LogP contribution in [0.4, 0.5) is 0 Å². The summed E-state index contributed by atoms with van der Waals surface area (Å²) in [6.45, 7) is 13.5. The zero-order valence-electron chi connectivity index (χ0n) is 12.3. The van der Waals surface area contributed by atoms with Gasteiger partial charge >= 0.3 is 0 Å². The minimum atomic E-state index is 1.10. The molecule has 0 heteroatoms. The van der Waals surface area contributed by atoms with Gasteiger partial charge in [-0.15, -0.1) is 0 Å². The van der Waals surface area contributed by atoms with Gasteiger partial charge in [0.25, 0.3) is 0 Å². The maximum atomic E-state index is 3.74. The third-order valence-corrected chi connectivity index (χ3v) is 2.49. The summed E-state index contributed by atoms with van der Waals surface area (Å²) in [6, 6.07) is 10.3. The van der Waals surface area contributed by atoms with Crippen LogP contribution in [0.2, 0.25) is 0 Å². The Morgan fingerprint density at radius 2 is 1.53 bits per heavy atom. The molecule has 0 aliphatic carbocycles. The van der Waals surface area contributed by atoms with Crippen LogP contribution in [0.25, 0.3) is 0 Å². The van der Waals surface area contributed by atoms with Crippen molar-refractivity contribution in [3.8, 4) is 0 Å². The summed E-state index contributed by atoms with van der Waals surface area (Å²) < 4.78 is 0. The smallest absolute Gasteiger partial charge is 0.0194 e. The first-order chi connectivity index (χ1) is 9.19. The molecule has 0 radical (unpaired) electrons. The molecule has 1 aromatic rings. The molecule has 0 aliphatic rings. The molecule has 0 aliphatic heterocycles. The van der Waals surface area contributed by atoms with Crippen LogP contribution in [0.1, 0.15) is 19.4 Å². The molecule has 0 heterocycles. The van der Waals surface area contributed by atoms with Gasteiger partial charge in [-0.25, -0.2) is 0 Å². The average molecular weight is 252 g/mol. The summed E-state index contributed by atoms with van der Waals surface area (Å²) in [6.07, 6.45) is 11.7. The van der Waals surface area contributed by atoms with E-state index >= 15 is 0 Å². The van der Waals surface area contributed by atoms with E-state index in [0.717, 1.165) is 11.1 Å². The Bertz CT molecular complexity index is 456. The summed E-state index contributed by atoms with van der Waals surface area (Å²) in [7, 11) is 0. The Morgan fingerprint density at radius 3 is 1.84 bits per heavy atom. The fourth-order valence-corrected chi connectivity index (χ4v) is 1.42. The zero-order valence-corrected chi connectivity index (χ0v) is 12.3. The number of benzene rings is 1. The summed E-state index contributed by atoms with van der Waals surface area (Å²) in [5.41, 5.74) is 3.54. The highest BCUT2D eigenvalue weighted by Gasteiger charge is 1.92. The second kappa shape index (κ2) is 11.0. The van der Waals surface area contributed by atoms with E-state index in [0.29, 0.717) is 0 Å². The molecule has 1 aromatic carbocycles. The van der Waals surface area contributed by atoms with Crippen molar-refractivity contribution in [2.24, 2.45) is 0 Å². The van der Waals surface area contributed by atoms with Gasteiger partial charge in [0, 0.05) is 0 Å². The summed E-state index contributed by atoms with van der Waals surface area (Å²) in [5, 5.41) is 0. The number of hydrogen-bond acceptors (Lipinski definition) is 0. The van der Waals surface area contributed by atoms with Gasteiger partial charge in [-0.05, 0) is 31.9 Å². The van der Waals surface area contributed by atoms with Gasteiger partial charge in [0.15, 0.2) is 0 Å². The van der Waals surface area contributed by atoms with Crippen molar-refractivity contribution in [1.82, 2.24) is 0 Å². The first kappa shape index (κ1) is 16.9. The molecule has 0 nitrogen and oxygen atoms in total. The van der Waals surface area contributed by atoms with Crippen LogP contribution in [0.15, 0.2) is 91.1 Å². The highest BCUT2D eigenvalue weighted by atomic mass is 14.0. The monoisotopic (exact) mass is 252 g/mol. The molecular formula is C19H24. The van der Waals surface area contributed by atoms with E-state index in [9.17, 15) is 0 Å². The van der Waals surface area contributed by atoms with Crippen LogP contribution in [0, 0.1) is 6.92 Å². The molecule has 0 saturated carbocycles. The minimum absolute atomic E-state index is 1.10. The molecule has 0 saturated heterocycles. The van der Waals surface area contributed by atoms with E-state index < -0.39 is 0 Å². The van der Waals surface area contributed by atoms with E-state index in [1.54, 1.807) is 0 Å². The van der Waals surface area contributed by atoms with Gasteiger partial charge in [0.1, 0.15) is 0 Å². The fourth-order valence-electron chi connectivity index (χ4n) is 1.42. The van der Waals surface area contributed by atoms with E-state index in [1.165, 1.54) is 5.56 Å². The summed E-state index contributed by atoms with van der Waals surface area (Å²) in [4.78, 5) is 0. The van der Waals surface area contributed by atoms with Crippen LogP contribution in [0.5, 0.6) is 0 Å². The van der Waals surface area contributed by atoms with Crippen molar-refractivity contribution >= 4 is 0 Å².